The molecule has 2 amide bonds. The first-order chi connectivity index (χ1) is 18.7. The predicted molar refractivity (Wildman–Crippen MR) is 143 cm³/mol. The van der Waals surface area contributed by atoms with Gasteiger partial charge in [-0.2, -0.15) is 0 Å². The summed E-state index contributed by atoms with van der Waals surface area (Å²) < 4.78 is 0. The van der Waals surface area contributed by atoms with Gasteiger partial charge in [-0.15, -0.1) is 0 Å². The molecule has 1 aliphatic carbocycles. The van der Waals surface area contributed by atoms with Crippen LogP contribution in [0.4, 0.5) is 11.4 Å². The molecule has 1 fully saturated rings. The zero-order valence-electron chi connectivity index (χ0n) is 21.6. The number of aliphatic hydroxyl groups is 3. The lowest BCUT2D eigenvalue weighted by Crippen LogP contribution is -2.39. The summed E-state index contributed by atoms with van der Waals surface area (Å²) in [6, 6.07) is 12.1. The molecule has 4 N–H and O–H groups in total. The number of anilines is 1. The molecule has 4 rings (SSSR count). The maximum absolute atomic E-state index is 13.5. The number of non-ortho nitro benzene ring substituents is 1. The highest BCUT2D eigenvalue weighted by Crippen LogP contribution is 2.47. The van der Waals surface area contributed by atoms with Gasteiger partial charge >= 0.3 is 0 Å². The van der Waals surface area contributed by atoms with Crippen LogP contribution < -0.4 is 4.90 Å². The van der Waals surface area contributed by atoms with Crippen LogP contribution in [-0.2, 0) is 9.59 Å². The number of aromatic hydroxyl groups is 1. The summed E-state index contributed by atoms with van der Waals surface area (Å²) in [6.45, 7) is 1.02. The van der Waals surface area contributed by atoms with E-state index in [0.717, 1.165) is 22.1 Å². The van der Waals surface area contributed by atoms with Crippen LogP contribution in [-0.4, -0.2) is 56.5 Å². The molecule has 0 spiro atoms. The van der Waals surface area contributed by atoms with Crippen LogP contribution in [0.5, 0.6) is 5.75 Å². The molecular formula is C29H32N2O8. The van der Waals surface area contributed by atoms with Crippen LogP contribution in [0.1, 0.15) is 38.2 Å². The number of phenols is 1. The molecule has 2 aromatic rings. The monoisotopic (exact) mass is 536 g/mol. The molecule has 2 aliphatic rings. The highest BCUT2D eigenvalue weighted by Gasteiger charge is 2.55. The van der Waals surface area contributed by atoms with Crippen molar-refractivity contribution >= 4 is 29.3 Å². The molecular weight excluding hydrogens is 504 g/mol. The summed E-state index contributed by atoms with van der Waals surface area (Å²) in [6.07, 6.45) is 2.37. The lowest BCUT2D eigenvalue weighted by atomic mass is 9.68. The molecule has 0 unspecified atom stereocenters. The molecule has 0 bridgehead atoms. The van der Waals surface area contributed by atoms with E-state index in [1.54, 1.807) is 18.2 Å². The number of carbonyl (C=O) groups excluding carboxylic acids is 2. The molecule has 39 heavy (non-hydrogen) atoms. The Morgan fingerprint density at radius 3 is 2.54 bits per heavy atom. The van der Waals surface area contributed by atoms with Gasteiger partial charge in [0.05, 0.1) is 41.8 Å². The molecule has 1 heterocycles. The van der Waals surface area contributed by atoms with Gasteiger partial charge in [0.2, 0.25) is 11.8 Å². The summed E-state index contributed by atoms with van der Waals surface area (Å²) in [5.74, 6) is -3.70. The van der Waals surface area contributed by atoms with Crippen LogP contribution in [0.2, 0.25) is 0 Å². The Morgan fingerprint density at radius 1 is 1.15 bits per heavy atom. The van der Waals surface area contributed by atoms with E-state index in [2.05, 4.69) is 0 Å². The van der Waals surface area contributed by atoms with E-state index in [9.17, 15) is 40.1 Å². The fourth-order valence-electron chi connectivity index (χ4n) is 5.78. The zero-order chi connectivity index (χ0) is 28.3. The van der Waals surface area contributed by atoms with Gasteiger partial charge in [-0.3, -0.25) is 19.7 Å². The Balaban J connectivity index is 1.59. The predicted octanol–water partition coefficient (Wildman–Crippen LogP) is 3.34. The van der Waals surface area contributed by atoms with Gasteiger partial charge in [0.1, 0.15) is 5.75 Å². The highest BCUT2D eigenvalue weighted by molar-refractivity contribution is 6.22. The number of aliphatic hydroxyl groups excluding tert-OH is 3. The minimum atomic E-state index is -1.07. The quantitative estimate of drug-likeness (QED) is 0.156. The van der Waals surface area contributed by atoms with Gasteiger partial charge in [0.15, 0.2) is 0 Å². The third kappa shape index (κ3) is 5.63. The second-order valence-electron chi connectivity index (χ2n) is 9.94. The summed E-state index contributed by atoms with van der Waals surface area (Å²) in [5, 5.41) is 52.7. The van der Waals surface area contributed by atoms with Gasteiger partial charge in [-0.05, 0) is 60.6 Å². The first-order valence-electron chi connectivity index (χ1n) is 12.9. The minimum absolute atomic E-state index is 0.0415. The van der Waals surface area contributed by atoms with Crippen LogP contribution in [0, 0.1) is 27.9 Å². The fraction of sp³-hybridized carbons (Fsp3) is 0.379. The van der Waals surface area contributed by atoms with Crippen LogP contribution in [0.15, 0.2) is 65.3 Å². The van der Waals surface area contributed by atoms with Crippen molar-refractivity contribution in [3.8, 4) is 5.75 Å². The average molecular weight is 537 g/mol. The number of hydrogen-bond acceptors (Lipinski definition) is 8. The molecule has 2 aromatic carbocycles. The summed E-state index contributed by atoms with van der Waals surface area (Å²) >= 11 is 0. The van der Waals surface area contributed by atoms with Crippen molar-refractivity contribution in [3.05, 3.63) is 80.9 Å². The molecule has 10 heteroatoms. The highest BCUT2D eigenvalue weighted by atomic mass is 16.6. The molecule has 0 aromatic heterocycles. The first-order valence-corrected chi connectivity index (χ1v) is 12.9. The number of phenolic OH excluding ortho intramolecular Hbond substituents is 1. The summed E-state index contributed by atoms with van der Waals surface area (Å²) in [5.41, 5.74) is 2.43. The van der Waals surface area contributed by atoms with Crippen molar-refractivity contribution in [2.24, 2.45) is 17.8 Å². The SMILES string of the molecule is CC/C(=C\c1cccc(O)c1)CC[C@@H](O)C1=C(CO)C[C@H]2C(=O)N(c3cccc([N+](=O)[O-])c3)C(=O)[C@H]2[C@H]1CO. The van der Waals surface area contributed by atoms with Crippen molar-refractivity contribution in [3.63, 3.8) is 0 Å². The fourth-order valence-corrected chi connectivity index (χ4v) is 5.78. The summed E-state index contributed by atoms with van der Waals surface area (Å²) in [4.78, 5) is 38.4. The lowest BCUT2D eigenvalue weighted by molar-refractivity contribution is -0.384. The van der Waals surface area contributed by atoms with E-state index in [1.807, 2.05) is 19.1 Å². The first kappa shape index (κ1) is 28.2. The number of fused-ring (bicyclic) bond motifs is 1. The van der Waals surface area contributed by atoms with Crippen molar-refractivity contribution < 1.29 is 34.9 Å². The van der Waals surface area contributed by atoms with E-state index in [4.69, 9.17) is 0 Å². The minimum Gasteiger partial charge on any atom is -0.508 e. The summed E-state index contributed by atoms with van der Waals surface area (Å²) in [7, 11) is 0. The standard InChI is InChI=1S/C29H32N2O8/c1-2-17(11-18-5-3-8-22(34)12-18)9-10-25(35)26-19(15-32)13-23-27(24(26)16-33)29(37)30(28(23)36)20-6-4-7-21(14-20)31(38)39/h3-8,11-12,14,23-25,27,32-35H,2,9-10,13,15-16H2,1H3/b17-11+/t23-,24+,25-,27-/m1/s1. The third-order valence-electron chi connectivity index (χ3n) is 7.66. The van der Waals surface area contributed by atoms with E-state index in [-0.39, 0.29) is 30.0 Å². The molecule has 1 saturated heterocycles. The Labute approximate surface area is 225 Å². The number of carbonyl (C=O) groups is 2. The normalized spacial score (nSPS) is 22.3. The average Bonchev–Trinajstić information content (AvgIpc) is 3.18. The van der Waals surface area contributed by atoms with Gasteiger partial charge in [-0.25, -0.2) is 4.90 Å². The Bertz CT molecular complexity index is 1330. The molecule has 4 atom stereocenters. The second-order valence-corrected chi connectivity index (χ2v) is 9.94. The van der Waals surface area contributed by atoms with Crippen molar-refractivity contribution in [2.75, 3.05) is 18.1 Å². The Kier molecular flexibility index (Phi) is 8.59. The van der Waals surface area contributed by atoms with Gasteiger partial charge in [0.25, 0.3) is 5.69 Å². The number of imide groups is 1. The maximum Gasteiger partial charge on any atom is 0.271 e. The number of rotatable bonds is 10. The number of benzene rings is 2. The molecule has 1 aliphatic heterocycles. The number of nitro groups is 1. The van der Waals surface area contributed by atoms with Gasteiger partial charge < -0.3 is 20.4 Å². The smallest absolute Gasteiger partial charge is 0.271 e. The third-order valence-corrected chi connectivity index (χ3v) is 7.66. The maximum atomic E-state index is 13.5. The molecule has 0 saturated carbocycles. The number of amides is 2. The van der Waals surface area contributed by atoms with Crippen LogP contribution in [0.25, 0.3) is 6.08 Å². The van der Waals surface area contributed by atoms with Crippen molar-refractivity contribution in [2.45, 2.75) is 38.7 Å². The number of hydrogen-bond donors (Lipinski definition) is 4. The van der Waals surface area contributed by atoms with Gasteiger partial charge in [0, 0.05) is 18.1 Å². The topological polar surface area (TPSA) is 161 Å². The van der Waals surface area contributed by atoms with E-state index < -0.39 is 53.8 Å². The Morgan fingerprint density at radius 2 is 1.90 bits per heavy atom. The van der Waals surface area contributed by atoms with E-state index >= 15 is 0 Å². The molecule has 206 valence electrons. The van der Waals surface area contributed by atoms with Gasteiger partial charge in [-0.1, -0.05) is 36.8 Å². The van der Waals surface area contributed by atoms with Crippen LogP contribution in [0.3, 0.4) is 0 Å². The molecule has 0 radical (unpaired) electrons. The van der Waals surface area contributed by atoms with E-state index in [1.165, 1.54) is 18.2 Å². The molecule has 10 nitrogen and oxygen atoms in total. The number of nitro benzene ring substituents is 1. The van der Waals surface area contributed by atoms with Crippen LogP contribution >= 0.6 is 0 Å². The number of nitrogens with zero attached hydrogens (tertiary/aromatic N) is 2. The van der Waals surface area contributed by atoms with E-state index in [0.29, 0.717) is 24.0 Å². The largest absolute Gasteiger partial charge is 0.508 e. The van der Waals surface area contributed by atoms with Crippen molar-refractivity contribution in [1.29, 1.82) is 0 Å². The van der Waals surface area contributed by atoms with Crippen molar-refractivity contribution in [1.82, 2.24) is 0 Å². The number of allylic oxidation sites excluding steroid dienone is 1. The second kappa shape index (κ2) is 11.9. The lowest BCUT2D eigenvalue weighted by Gasteiger charge is -2.36. The Hall–Kier alpha value is -3.86. The zero-order valence-corrected chi connectivity index (χ0v) is 21.6.